The van der Waals surface area contributed by atoms with Gasteiger partial charge in [-0.05, 0) is 42.8 Å². The van der Waals surface area contributed by atoms with Crippen LogP contribution in [-0.4, -0.2) is 15.9 Å². The van der Waals surface area contributed by atoms with Crippen molar-refractivity contribution in [1.29, 1.82) is 0 Å². The second-order valence-electron chi connectivity index (χ2n) is 5.76. The normalized spacial score (nSPS) is 11.1. The molecular weight excluding hydrogens is 357 g/mol. The zero-order valence-corrected chi connectivity index (χ0v) is 14.2. The van der Waals surface area contributed by atoms with E-state index in [1.54, 1.807) is 0 Å². The highest BCUT2D eigenvalue weighted by Gasteiger charge is 2.30. The van der Waals surface area contributed by atoms with Gasteiger partial charge in [0.15, 0.2) is 0 Å². The quantitative estimate of drug-likeness (QED) is 0.690. The van der Waals surface area contributed by atoms with E-state index in [9.17, 15) is 18.0 Å². The molecule has 0 fully saturated rings. The number of rotatable bonds is 4. The van der Waals surface area contributed by atoms with Gasteiger partial charge >= 0.3 is 6.18 Å². The molecule has 2 aromatic carbocycles. The van der Waals surface area contributed by atoms with Gasteiger partial charge in [-0.25, -0.2) is 9.97 Å². The van der Waals surface area contributed by atoms with Crippen LogP contribution in [0.15, 0.2) is 60.9 Å². The molecule has 27 heavy (non-hydrogen) atoms. The Balaban J connectivity index is 1.66. The lowest BCUT2D eigenvalue weighted by Crippen LogP contribution is -2.13. The van der Waals surface area contributed by atoms with E-state index in [0.29, 0.717) is 5.95 Å². The summed E-state index contributed by atoms with van der Waals surface area (Å²) in [7, 11) is 0. The van der Waals surface area contributed by atoms with Crippen LogP contribution in [0.1, 0.15) is 21.5 Å². The molecule has 3 rings (SSSR count). The maximum absolute atomic E-state index is 12.6. The fourth-order valence-corrected chi connectivity index (χ4v) is 2.29. The Morgan fingerprint density at radius 2 is 1.59 bits per heavy atom. The van der Waals surface area contributed by atoms with Crippen molar-refractivity contribution in [2.45, 2.75) is 13.1 Å². The lowest BCUT2D eigenvalue weighted by Gasteiger charge is -2.09. The monoisotopic (exact) mass is 372 g/mol. The Hall–Kier alpha value is -3.42. The van der Waals surface area contributed by atoms with E-state index in [2.05, 4.69) is 20.6 Å². The van der Waals surface area contributed by atoms with Crippen LogP contribution in [0, 0.1) is 6.92 Å². The number of carbonyl (C=O) groups excluding carboxylic acids is 1. The SMILES string of the molecule is Cc1ccccc1Nc1ncc(C(=O)Nc2ccc(C(F)(F)F)cc2)cn1. The van der Waals surface area contributed by atoms with Gasteiger partial charge in [0.05, 0.1) is 11.1 Å². The molecule has 1 heterocycles. The highest BCUT2D eigenvalue weighted by atomic mass is 19.4. The summed E-state index contributed by atoms with van der Waals surface area (Å²) in [6, 6.07) is 11.8. The van der Waals surface area contributed by atoms with Crippen molar-refractivity contribution < 1.29 is 18.0 Å². The largest absolute Gasteiger partial charge is 0.416 e. The number of aromatic nitrogens is 2. The number of nitrogens with one attached hydrogen (secondary N) is 2. The highest BCUT2D eigenvalue weighted by Crippen LogP contribution is 2.29. The van der Waals surface area contributed by atoms with E-state index in [4.69, 9.17) is 0 Å². The standard InChI is InChI=1S/C19H15F3N4O/c1-12-4-2-3-5-16(12)26-18-23-10-13(11-24-18)17(27)25-15-8-6-14(7-9-15)19(20,21)22/h2-11H,1H3,(H,25,27)(H,23,24,26). The molecule has 1 aromatic heterocycles. The Morgan fingerprint density at radius 3 is 2.19 bits per heavy atom. The molecule has 138 valence electrons. The zero-order valence-electron chi connectivity index (χ0n) is 14.2. The second kappa shape index (κ2) is 7.45. The van der Waals surface area contributed by atoms with E-state index < -0.39 is 17.6 Å². The van der Waals surface area contributed by atoms with Crippen molar-refractivity contribution in [3.8, 4) is 0 Å². The Kier molecular flexibility index (Phi) is 5.07. The predicted molar refractivity (Wildman–Crippen MR) is 95.9 cm³/mol. The number of carbonyl (C=O) groups is 1. The van der Waals surface area contributed by atoms with Gasteiger partial charge < -0.3 is 10.6 Å². The summed E-state index contributed by atoms with van der Waals surface area (Å²) in [5.41, 5.74) is 1.51. The van der Waals surface area contributed by atoms with Gasteiger partial charge in [-0.3, -0.25) is 4.79 Å². The predicted octanol–water partition coefficient (Wildman–Crippen LogP) is 4.80. The molecule has 1 amide bonds. The minimum atomic E-state index is -4.42. The summed E-state index contributed by atoms with van der Waals surface area (Å²) in [5.74, 6) is -0.187. The molecular formula is C19H15F3N4O. The molecule has 0 saturated heterocycles. The van der Waals surface area contributed by atoms with Crippen LogP contribution in [0.3, 0.4) is 0 Å². The number of halogens is 3. The van der Waals surface area contributed by atoms with Crippen molar-refractivity contribution in [3.63, 3.8) is 0 Å². The lowest BCUT2D eigenvalue weighted by molar-refractivity contribution is -0.137. The van der Waals surface area contributed by atoms with Crippen LogP contribution < -0.4 is 10.6 Å². The summed E-state index contributed by atoms with van der Waals surface area (Å²) in [6.45, 7) is 1.94. The van der Waals surface area contributed by atoms with Crippen LogP contribution in [0.2, 0.25) is 0 Å². The average molecular weight is 372 g/mol. The number of hydrogen-bond acceptors (Lipinski definition) is 4. The minimum absolute atomic E-state index is 0.185. The molecule has 0 unspecified atom stereocenters. The topological polar surface area (TPSA) is 66.9 Å². The molecule has 8 heteroatoms. The first-order chi connectivity index (χ1) is 12.8. The number of amides is 1. The molecule has 0 spiro atoms. The fraction of sp³-hybridized carbons (Fsp3) is 0.105. The van der Waals surface area contributed by atoms with Gasteiger partial charge in [0.2, 0.25) is 5.95 Å². The van der Waals surface area contributed by atoms with Crippen LogP contribution in [0.5, 0.6) is 0 Å². The first-order valence-corrected chi connectivity index (χ1v) is 7.96. The molecule has 0 bridgehead atoms. The maximum atomic E-state index is 12.6. The van der Waals surface area contributed by atoms with Gasteiger partial charge in [0.1, 0.15) is 0 Å². The molecule has 0 aliphatic heterocycles. The van der Waals surface area contributed by atoms with E-state index >= 15 is 0 Å². The third kappa shape index (κ3) is 4.60. The van der Waals surface area contributed by atoms with Gasteiger partial charge in [-0.1, -0.05) is 18.2 Å². The van der Waals surface area contributed by atoms with Crippen LogP contribution in [0.25, 0.3) is 0 Å². The molecule has 0 radical (unpaired) electrons. The Bertz CT molecular complexity index is 938. The molecule has 0 saturated carbocycles. The van der Waals surface area contributed by atoms with Gasteiger partial charge in [-0.15, -0.1) is 0 Å². The van der Waals surface area contributed by atoms with E-state index in [-0.39, 0.29) is 11.3 Å². The summed E-state index contributed by atoms with van der Waals surface area (Å²) >= 11 is 0. The van der Waals surface area contributed by atoms with E-state index in [1.165, 1.54) is 24.5 Å². The smallest absolute Gasteiger partial charge is 0.324 e. The van der Waals surface area contributed by atoms with Crippen molar-refractivity contribution in [3.05, 3.63) is 77.6 Å². The van der Waals surface area contributed by atoms with Gasteiger partial charge in [0, 0.05) is 23.8 Å². The van der Waals surface area contributed by atoms with Gasteiger partial charge in [-0.2, -0.15) is 13.2 Å². The van der Waals surface area contributed by atoms with Crippen LogP contribution in [-0.2, 0) is 6.18 Å². The summed E-state index contributed by atoms with van der Waals surface area (Å²) in [4.78, 5) is 20.4. The second-order valence-corrected chi connectivity index (χ2v) is 5.76. The maximum Gasteiger partial charge on any atom is 0.416 e. The molecule has 0 aliphatic rings. The molecule has 2 N–H and O–H groups in total. The number of alkyl halides is 3. The van der Waals surface area contributed by atoms with Crippen molar-refractivity contribution in [2.24, 2.45) is 0 Å². The highest BCUT2D eigenvalue weighted by molar-refractivity contribution is 6.03. The molecule has 5 nitrogen and oxygen atoms in total. The van der Waals surface area contributed by atoms with Crippen molar-refractivity contribution in [2.75, 3.05) is 10.6 Å². The summed E-state index contributed by atoms with van der Waals surface area (Å²) in [6.07, 6.45) is -1.74. The van der Waals surface area contributed by atoms with Crippen LogP contribution >= 0.6 is 0 Å². The molecule has 0 atom stereocenters. The van der Waals surface area contributed by atoms with E-state index in [0.717, 1.165) is 23.4 Å². The van der Waals surface area contributed by atoms with Gasteiger partial charge in [0.25, 0.3) is 5.91 Å². The summed E-state index contributed by atoms with van der Waals surface area (Å²) < 4.78 is 37.7. The number of para-hydroxylation sites is 1. The number of nitrogens with zero attached hydrogens (tertiary/aromatic N) is 2. The number of benzene rings is 2. The lowest BCUT2D eigenvalue weighted by atomic mass is 10.2. The number of hydrogen-bond donors (Lipinski definition) is 2. The summed E-state index contributed by atoms with van der Waals surface area (Å²) in [5, 5.41) is 5.56. The Morgan fingerprint density at radius 1 is 0.963 bits per heavy atom. The number of anilines is 3. The van der Waals surface area contributed by atoms with E-state index in [1.807, 2.05) is 31.2 Å². The van der Waals surface area contributed by atoms with Crippen molar-refractivity contribution >= 4 is 23.2 Å². The third-order valence-corrected chi connectivity index (χ3v) is 3.78. The first kappa shape index (κ1) is 18.4. The zero-order chi connectivity index (χ0) is 19.4. The fourth-order valence-electron chi connectivity index (χ4n) is 2.29. The minimum Gasteiger partial charge on any atom is -0.324 e. The first-order valence-electron chi connectivity index (χ1n) is 7.96. The average Bonchev–Trinajstić information content (AvgIpc) is 2.64. The number of aryl methyl sites for hydroxylation is 1. The third-order valence-electron chi connectivity index (χ3n) is 3.78. The molecule has 0 aliphatic carbocycles. The Labute approximate surface area is 153 Å². The van der Waals surface area contributed by atoms with Crippen LogP contribution in [0.4, 0.5) is 30.5 Å². The van der Waals surface area contributed by atoms with Crippen molar-refractivity contribution in [1.82, 2.24) is 9.97 Å². The molecule has 3 aromatic rings.